The molecule has 0 unspecified atom stereocenters. The summed E-state index contributed by atoms with van der Waals surface area (Å²) >= 11 is 0. The van der Waals surface area contributed by atoms with E-state index >= 15 is 0 Å². The molecule has 1 saturated heterocycles. The Morgan fingerprint density at radius 3 is 2.28 bits per heavy atom. The number of hydrogen-bond donors (Lipinski definition) is 0. The van der Waals surface area contributed by atoms with Gasteiger partial charge in [0.2, 0.25) is 5.95 Å². The molecule has 7 nitrogen and oxygen atoms in total. The molecule has 1 saturated carbocycles. The fraction of sp³-hybridized carbons (Fsp3) is 0.414. The molecule has 2 aromatic carbocycles. The van der Waals surface area contributed by atoms with E-state index in [2.05, 4.69) is 9.80 Å². The number of carbonyl (C=O) groups is 1. The Morgan fingerprint density at radius 2 is 1.56 bits per heavy atom. The highest BCUT2D eigenvalue weighted by atomic mass is 16.5. The largest absolute Gasteiger partial charge is 0.457 e. The number of anilines is 1. The van der Waals surface area contributed by atoms with E-state index in [9.17, 15) is 4.79 Å². The van der Waals surface area contributed by atoms with E-state index in [1.165, 1.54) is 19.3 Å². The van der Waals surface area contributed by atoms with Crippen molar-refractivity contribution in [3.8, 4) is 11.5 Å². The molecule has 2 fully saturated rings. The number of rotatable bonds is 5. The van der Waals surface area contributed by atoms with Crippen LogP contribution in [-0.4, -0.2) is 71.0 Å². The molecule has 0 N–H and O–H groups in total. The van der Waals surface area contributed by atoms with Gasteiger partial charge in [-0.2, -0.15) is 0 Å². The average Bonchev–Trinajstić information content (AvgIpc) is 3.11. The molecular formula is C29H33N5O2. The monoisotopic (exact) mass is 483 g/mol. The molecule has 3 aliphatic rings. The predicted octanol–water partition coefficient (Wildman–Crippen LogP) is 4.18. The van der Waals surface area contributed by atoms with E-state index in [1.807, 2.05) is 65.7 Å². The summed E-state index contributed by atoms with van der Waals surface area (Å²) in [6, 6.07) is 17.9. The predicted molar refractivity (Wildman–Crippen MR) is 140 cm³/mol. The third-order valence-corrected chi connectivity index (χ3v) is 7.77. The van der Waals surface area contributed by atoms with Crippen molar-refractivity contribution in [2.75, 3.05) is 44.2 Å². The van der Waals surface area contributed by atoms with Crippen LogP contribution in [0.4, 0.5) is 5.95 Å². The Bertz CT molecular complexity index is 1190. The van der Waals surface area contributed by atoms with E-state index in [0.29, 0.717) is 18.7 Å². The van der Waals surface area contributed by atoms with Crippen molar-refractivity contribution in [3.63, 3.8) is 0 Å². The summed E-state index contributed by atoms with van der Waals surface area (Å²) in [5, 5.41) is 0. The van der Waals surface area contributed by atoms with Gasteiger partial charge in [-0.1, -0.05) is 24.6 Å². The summed E-state index contributed by atoms with van der Waals surface area (Å²) < 4.78 is 5.86. The fourth-order valence-electron chi connectivity index (χ4n) is 5.33. The summed E-state index contributed by atoms with van der Waals surface area (Å²) in [6.45, 7) is 5.52. The number of fused-ring (bicyclic) bond motifs is 1. The summed E-state index contributed by atoms with van der Waals surface area (Å²) in [6.07, 6.45) is 7.62. The first-order valence-electron chi connectivity index (χ1n) is 13.2. The molecule has 36 heavy (non-hydrogen) atoms. The second kappa shape index (κ2) is 10.3. The fourth-order valence-corrected chi connectivity index (χ4v) is 5.33. The molecule has 1 aliphatic carbocycles. The lowest BCUT2D eigenvalue weighted by molar-refractivity contribution is 0.0763. The molecule has 186 valence electrons. The van der Waals surface area contributed by atoms with Crippen LogP contribution in [-0.2, 0) is 12.8 Å². The summed E-state index contributed by atoms with van der Waals surface area (Å²) in [5.41, 5.74) is 2.93. The van der Waals surface area contributed by atoms with Crippen LogP contribution in [0.25, 0.3) is 0 Å². The minimum Gasteiger partial charge on any atom is -0.457 e. The average molecular weight is 484 g/mol. The van der Waals surface area contributed by atoms with Gasteiger partial charge in [-0.15, -0.1) is 0 Å². The minimum absolute atomic E-state index is 0.0503. The Balaban J connectivity index is 1.07. The molecule has 3 heterocycles. The lowest BCUT2D eigenvalue weighted by Gasteiger charge is -2.43. The number of nitrogens with zero attached hydrogens (tertiary/aromatic N) is 5. The van der Waals surface area contributed by atoms with Gasteiger partial charge in [0.05, 0.1) is 5.69 Å². The van der Waals surface area contributed by atoms with Gasteiger partial charge in [-0.3, -0.25) is 9.69 Å². The van der Waals surface area contributed by atoms with Crippen LogP contribution in [0.5, 0.6) is 11.5 Å². The van der Waals surface area contributed by atoms with Crippen molar-refractivity contribution in [1.82, 2.24) is 19.8 Å². The van der Waals surface area contributed by atoms with Crippen molar-refractivity contribution in [2.45, 2.75) is 38.1 Å². The topological polar surface area (TPSA) is 61.8 Å². The zero-order valence-corrected chi connectivity index (χ0v) is 20.7. The smallest absolute Gasteiger partial charge is 0.253 e. The van der Waals surface area contributed by atoms with Gasteiger partial charge in [0.15, 0.2) is 0 Å². The maximum Gasteiger partial charge on any atom is 0.253 e. The van der Waals surface area contributed by atoms with Crippen LogP contribution in [0.15, 0.2) is 60.8 Å². The standard InChI is InChI=1S/C29H33N5O2/c35-28(22-9-11-26(12-10-22)36-25-7-2-1-3-8-25)33-15-13-23-21-30-29(31-27(23)14-16-33)34-19-17-32(18-20-34)24-5-4-6-24/h1-3,7-12,21,24H,4-6,13-20H2. The molecule has 0 atom stereocenters. The quantitative estimate of drug-likeness (QED) is 0.543. The van der Waals surface area contributed by atoms with Crippen LogP contribution >= 0.6 is 0 Å². The van der Waals surface area contributed by atoms with E-state index < -0.39 is 0 Å². The van der Waals surface area contributed by atoms with Crippen LogP contribution in [0.1, 0.15) is 40.9 Å². The first-order valence-corrected chi connectivity index (χ1v) is 13.2. The first-order chi connectivity index (χ1) is 17.7. The molecule has 1 aromatic heterocycles. The van der Waals surface area contributed by atoms with Crippen molar-refractivity contribution in [3.05, 3.63) is 77.6 Å². The Kier molecular flexibility index (Phi) is 6.55. The minimum atomic E-state index is 0.0503. The van der Waals surface area contributed by atoms with Gasteiger partial charge in [0.25, 0.3) is 5.91 Å². The highest BCUT2D eigenvalue weighted by Gasteiger charge is 2.29. The van der Waals surface area contributed by atoms with Crippen molar-refractivity contribution in [2.24, 2.45) is 0 Å². The first kappa shape index (κ1) is 23.0. The van der Waals surface area contributed by atoms with Gasteiger partial charge in [-0.25, -0.2) is 9.97 Å². The van der Waals surface area contributed by atoms with Gasteiger partial charge >= 0.3 is 0 Å². The summed E-state index contributed by atoms with van der Waals surface area (Å²) in [5.74, 6) is 2.39. The van der Waals surface area contributed by atoms with Gasteiger partial charge in [0, 0.05) is 63.5 Å². The lowest BCUT2D eigenvalue weighted by atomic mass is 9.91. The normalized spacial score (nSPS) is 18.8. The lowest BCUT2D eigenvalue weighted by Crippen LogP contribution is -2.52. The second-order valence-electron chi connectivity index (χ2n) is 9.98. The second-order valence-corrected chi connectivity index (χ2v) is 9.98. The zero-order valence-electron chi connectivity index (χ0n) is 20.7. The van der Waals surface area contributed by atoms with E-state index in [4.69, 9.17) is 14.7 Å². The van der Waals surface area contributed by atoms with Crippen LogP contribution in [0.2, 0.25) is 0 Å². The molecule has 7 heteroatoms. The van der Waals surface area contributed by atoms with E-state index in [-0.39, 0.29) is 5.91 Å². The maximum atomic E-state index is 13.2. The number of amides is 1. The van der Waals surface area contributed by atoms with Crippen molar-refractivity contribution >= 4 is 11.9 Å². The third-order valence-electron chi connectivity index (χ3n) is 7.77. The van der Waals surface area contributed by atoms with Gasteiger partial charge in [0.1, 0.15) is 11.5 Å². The molecule has 0 radical (unpaired) electrons. The highest BCUT2D eigenvalue weighted by molar-refractivity contribution is 5.94. The number of ether oxygens (including phenoxy) is 1. The molecule has 0 bridgehead atoms. The zero-order chi connectivity index (χ0) is 24.3. The van der Waals surface area contributed by atoms with E-state index in [0.717, 1.165) is 73.8 Å². The summed E-state index contributed by atoms with van der Waals surface area (Å²) in [4.78, 5) is 29.8. The van der Waals surface area contributed by atoms with E-state index in [1.54, 1.807) is 0 Å². The van der Waals surface area contributed by atoms with Crippen LogP contribution in [0, 0.1) is 0 Å². The Morgan fingerprint density at radius 1 is 0.833 bits per heavy atom. The highest BCUT2D eigenvalue weighted by Crippen LogP contribution is 2.27. The molecular weight excluding hydrogens is 450 g/mol. The van der Waals surface area contributed by atoms with Crippen LogP contribution < -0.4 is 9.64 Å². The SMILES string of the molecule is O=C(c1ccc(Oc2ccccc2)cc1)N1CCc2cnc(N3CCN(C4CCC4)CC3)nc2CC1. The van der Waals surface area contributed by atoms with Crippen LogP contribution in [0.3, 0.4) is 0 Å². The van der Waals surface area contributed by atoms with Gasteiger partial charge < -0.3 is 14.5 Å². The number of carbonyl (C=O) groups excluding carboxylic acids is 1. The van der Waals surface area contributed by atoms with Gasteiger partial charge in [-0.05, 0) is 61.2 Å². The maximum absolute atomic E-state index is 13.2. The number of hydrogen-bond acceptors (Lipinski definition) is 6. The molecule has 3 aromatic rings. The van der Waals surface area contributed by atoms with Crippen molar-refractivity contribution in [1.29, 1.82) is 0 Å². The number of piperazine rings is 1. The van der Waals surface area contributed by atoms with Crippen molar-refractivity contribution < 1.29 is 9.53 Å². The summed E-state index contributed by atoms with van der Waals surface area (Å²) in [7, 11) is 0. The molecule has 2 aliphatic heterocycles. The Hall–Kier alpha value is -3.45. The Labute approximate surface area is 212 Å². The number of para-hydroxylation sites is 1. The third kappa shape index (κ3) is 4.93. The number of benzene rings is 2. The number of aromatic nitrogens is 2. The molecule has 1 amide bonds. The molecule has 6 rings (SSSR count). The molecule has 0 spiro atoms.